The van der Waals surface area contributed by atoms with Crippen LogP contribution in [-0.2, 0) is 6.54 Å². The largest absolute Gasteiger partial charge is 0.378 e. The minimum absolute atomic E-state index is 0.00736. The van der Waals surface area contributed by atoms with Gasteiger partial charge in [-0.05, 0) is 34.5 Å². The highest BCUT2D eigenvalue weighted by molar-refractivity contribution is 9.10. The van der Waals surface area contributed by atoms with Gasteiger partial charge in [0.05, 0.1) is 10.6 Å². The molecule has 0 fully saturated rings. The van der Waals surface area contributed by atoms with E-state index in [4.69, 9.17) is 0 Å². The van der Waals surface area contributed by atoms with Crippen LogP contribution in [0.25, 0.3) is 0 Å². The molecule has 21 heavy (non-hydrogen) atoms. The quantitative estimate of drug-likeness (QED) is 0.645. The summed E-state index contributed by atoms with van der Waals surface area (Å²) < 4.78 is 26.9. The van der Waals surface area contributed by atoms with Crippen LogP contribution in [0.2, 0.25) is 0 Å². The molecule has 0 aliphatic carbocycles. The van der Waals surface area contributed by atoms with E-state index in [2.05, 4.69) is 21.2 Å². The minimum Gasteiger partial charge on any atom is -0.378 e. The third kappa shape index (κ3) is 3.36. The van der Waals surface area contributed by atoms with Gasteiger partial charge in [-0.3, -0.25) is 10.1 Å². The summed E-state index contributed by atoms with van der Waals surface area (Å²) in [5.41, 5.74) is 1.30. The predicted octanol–water partition coefficient (Wildman–Crippen LogP) is 4.56. The maximum atomic E-state index is 13.7. The first kappa shape index (κ1) is 15.4. The van der Waals surface area contributed by atoms with Gasteiger partial charge in [-0.1, -0.05) is 12.1 Å². The lowest BCUT2D eigenvalue weighted by Gasteiger charge is -2.11. The molecule has 7 heteroatoms. The Kier molecular flexibility index (Phi) is 4.52. The summed E-state index contributed by atoms with van der Waals surface area (Å²) in [6.07, 6.45) is 0. The van der Waals surface area contributed by atoms with Crippen LogP contribution in [0.1, 0.15) is 11.1 Å². The first-order valence-corrected chi connectivity index (χ1v) is 6.80. The number of benzene rings is 2. The molecular weight excluding hydrogens is 346 g/mol. The SMILES string of the molecule is Cc1c(CNc2c(F)cc(F)cc2Br)cccc1[N+](=O)[O-]. The molecule has 4 nitrogen and oxygen atoms in total. The van der Waals surface area contributed by atoms with Crippen LogP contribution in [0.3, 0.4) is 0 Å². The van der Waals surface area contributed by atoms with Crippen LogP contribution >= 0.6 is 15.9 Å². The van der Waals surface area contributed by atoms with Gasteiger partial charge in [0.15, 0.2) is 0 Å². The molecule has 0 saturated carbocycles. The molecule has 0 spiro atoms. The molecule has 0 saturated heterocycles. The van der Waals surface area contributed by atoms with Gasteiger partial charge in [-0.25, -0.2) is 8.78 Å². The number of hydrogen-bond donors (Lipinski definition) is 1. The molecule has 0 atom stereocenters. The zero-order chi connectivity index (χ0) is 15.6. The van der Waals surface area contributed by atoms with E-state index in [0.717, 1.165) is 12.1 Å². The molecule has 110 valence electrons. The Bertz CT molecular complexity index is 684. The van der Waals surface area contributed by atoms with Crippen LogP contribution in [0.5, 0.6) is 0 Å². The lowest BCUT2D eigenvalue weighted by Crippen LogP contribution is -2.05. The summed E-state index contributed by atoms with van der Waals surface area (Å²) in [7, 11) is 0. The fourth-order valence-corrected chi connectivity index (χ4v) is 2.50. The lowest BCUT2D eigenvalue weighted by atomic mass is 10.1. The average molecular weight is 357 g/mol. The van der Waals surface area contributed by atoms with Crippen molar-refractivity contribution in [2.45, 2.75) is 13.5 Å². The van der Waals surface area contributed by atoms with E-state index < -0.39 is 16.6 Å². The molecule has 0 aromatic heterocycles. The first-order chi connectivity index (χ1) is 9.90. The molecule has 0 heterocycles. The van der Waals surface area contributed by atoms with Crippen molar-refractivity contribution in [1.82, 2.24) is 0 Å². The Morgan fingerprint density at radius 2 is 2.05 bits per heavy atom. The van der Waals surface area contributed by atoms with Crippen molar-refractivity contribution >= 4 is 27.3 Å². The van der Waals surface area contributed by atoms with Crippen molar-refractivity contribution in [3.05, 3.63) is 67.7 Å². The summed E-state index contributed by atoms with van der Waals surface area (Å²) in [4.78, 5) is 10.4. The van der Waals surface area contributed by atoms with Crippen molar-refractivity contribution < 1.29 is 13.7 Å². The van der Waals surface area contributed by atoms with Crippen LogP contribution in [0.4, 0.5) is 20.2 Å². The van der Waals surface area contributed by atoms with Crippen LogP contribution in [0.15, 0.2) is 34.8 Å². The van der Waals surface area contributed by atoms with E-state index in [-0.39, 0.29) is 22.4 Å². The number of halogens is 3. The molecule has 2 aromatic carbocycles. The maximum absolute atomic E-state index is 13.7. The molecule has 0 bridgehead atoms. The topological polar surface area (TPSA) is 55.2 Å². The van der Waals surface area contributed by atoms with Gasteiger partial charge >= 0.3 is 0 Å². The third-order valence-corrected chi connectivity index (χ3v) is 3.70. The van der Waals surface area contributed by atoms with Gasteiger partial charge < -0.3 is 5.32 Å². The Balaban J connectivity index is 2.25. The van der Waals surface area contributed by atoms with E-state index in [1.165, 1.54) is 6.07 Å². The van der Waals surface area contributed by atoms with Gasteiger partial charge in [-0.15, -0.1) is 0 Å². The van der Waals surface area contributed by atoms with E-state index >= 15 is 0 Å². The zero-order valence-electron chi connectivity index (χ0n) is 11.0. The van der Waals surface area contributed by atoms with E-state index in [9.17, 15) is 18.9 Å². The second-order valence-corrected chi connectivity index (χ2v) is 5.27. The summed E-state index contributed by atoms with van der Waals surface area (Å²) in [6.45, 7) is 1.82. The van der Waals surface area contributed by atoms with Gasteiger partial charge in [0.25, 0.3) is 5.69 Å². The summed E-state index contributed by atoms with van der Waals surface area (Å²) in [5, 5.41) is 13.7. The summed E-state index contributed by atoms with van der Waals surface area (Å²) in [6, 6.07) is 6.61. The molecule has 0 unspecified atom stereocenters. The van der Waals surface area contributed by atoms with Crippen LogP contribution in [-0.4, -0.2) is 4.92 Å². The van der Waals surface area contributed by atoms with Crippen molar-refractivity contribution in [1.29, 1.82) is 0 Å². The first-order valence-electron chi connectivity index (χ1n) is 6.01. The standard InChI is InChI=1S/C14H11BrF2N2O2/c1-8-9(3-2-4-13(8)19(20)21)7-18-14-11(15)5-10(16)6-12(14)17/h2-6,18H,7H2,1H3. The Labute approximate surface area is 128 Å². The maximum Gasteiger partial charge on any atom is 0.272 e. The average Bonchev–Trinajstić information content (AvgIpc) is 2.38. The smallest absolute Gasteiger partial charge is 0.272 e. The monoisotopic (exact) mass is 356 g/mol. The normalized spacial score (nSPS) is 10.5. The lowest BCUT2D eigenvalue weighted by molar-refractivity contribution is -0.385. The Hall–Kier alpha value is -2.02. The molecule has 2 rings (SSSR count). The van der Waals surface area contributed by atoms with Crippen molar-refractivity contribution in [3.63, 3.8) is 0 Å². The highest BCUT2D eigenvalue weighted by atomic mass is 79.9. The molecule has 0 aliphatic heterocycles. The fourth-order valence-electron chi connectivity index (χ4n) is 1.95. The van der Waals surface area contributed by atoms with Crippen LogP contribution in [0, 0.1) is 28.7 Å². The number of nitro groups is 1. The fraction of sp³-hybridized carbons (Fsp3) is 0.143. The van der Waals surface area contributed by atoms with E-state index in [0.29, 0.717) is 11.1 Å². The van der Waals surface area contributed by atoms with Gasteiger partial charge in [0.1, 0.15) is 11.6 Å². The van der Waals surface area contributed by atoms with E-state index in [1.807, 2.05) is 0 Å². The third-order valence-electron chi connectivity index (χ3n) is 3.08. The number of hydrogen-bond acceptors (Lipinski definition) is 3. The number of rotatable bonds is 4. The summed E-state index contributed by atoms with van der Waals surface area (Å²) >= 11 is 3.08. The Morgan fingerprint density at radius 1 is 1.33 bits per heavy atom. The minimum atomic E-state index is -0.732. The number of nitro benzene ring substituents is 1. The Morgan fingerprint density at radius 3 is 2.67 bits per heavy atom. The molecule has 0 radical (unpaired) electrons. The number of nitrogens with zero attached hydrogens (tertiary/aromatic N) is 1. The highest BCUT2D eigenvalue weighted by Gasteiger charge is 2.14. The molecule has 2 aromatic rings. The molecule has 0 amide bonds. The highest BCUT2D eigenvalue weighted by Crippen LogP contribution is 2.28. The number of anilines is 1. The van der Waals surface area contributed by atoms with Gasteiger partial charge in [0, 0.05) is 28.7 Å². The molecule has 0 aliphatic rings. The van der Waals surface area contributed by atoms with Crippen LogP contribution < -0.4 is 5.32 Å². The van der Waals surface area contributed by atoms with Gasteiger partial charge in [-0.2, -0.15) is 0 Å². The zero-order valence-corrected chi connectivity index (χ0v) is 12.6. The number of nitrogens with one attached hydrogen (secondary N) is 1. The predicted molar refractivity (Wildman–Crippen MR) is 79.2 cm³/mol. The second-order valence-electron chi connectivity index (χ2n) is 4.42. The van der Waals surface area contributed by atoms with Gasteiger partial charge in [0.2, 0.25) is 0 Å². The van der Waals surface area contributed by atoms with E-state index in [1.54, 1.807) is 19.1 Å². The molecule has 1 N–H and O–H groups in total. The van der Waals surface area contributed by atoms with Crippen molar-refractivity contribution in [3.8, 4) is 0 Å². The molecular formula is C14H11BrF2N2O2. The summed E-state index contributed by atoms with van der Waals surface area (Å²) in [5.74, 6) is -1.42. The van der Waals surface area contributed by atoms with Crippen molar-refractivity contribution in [2.24, 2.45) is 0 Å². The van der Waals surface area contributed by atoms with Crippen molar-refractivity contribution in [2.75, 3.05) is 5.32 Å². The second kappa shape index (κ2) is 6.17.